The summed E-state index contributed by atoms with van der Waals surface area (Å²) >= 11 is 0. The van der Waals surface area contributed by atoms with Gasteiger partial charge in [0.2, 0.25) is 0 Å². The molecule has 2 N–H and O–H groups in total. The summed E-state index contributed by atoms with van der Waals surface area (Å²) < 4.78 is 2.35. The van der Waals surface area contributed by atoms with Crippen LogP contribution < -0.4 is 5.48 Å². The molecule has 6 nitrogen and oxygen atoms in total. The Balaban J connectivity index is 1.70. The average molecular weight is 405 g/mol. The van der Waals surface area contributed by atoms with E-state index >= 15 is 0 Å². The molecule has 1 fully saturated rings. The van der Waals surface area contributed by atoms with E-state index in [-0.39, 0.29) is 5.92 Å². The smallest absolute Gasteiger partial charge is 0.267 e. The molecule has 0 radical (unpaired) electrons. The molecule has 0 aliphatic carbocycles. The number of aromatic nitrogens is 2. The first-order valence-electron chi connectivity index (χ1n) is 10.6. The van der Waals surface area contributed by atoms with Gasteiger partial charge in [0.05, 0.1) is 11.0 Å². The molecule has 1 unspecified atom stereocenters. The van der Waals surface area contributed by atoms with Crippen molar-refractivity contribution in [1.82, 2.24) is 19.9 Å². The number of rotatable bonds is 7. The maximum absolute atomic E-state index is 11.3. The summed E-state index contributed by atoms with van der Waals surface area (Å²) in [5.74, 6) is 0.686. The fraction of sp³-hybridized carbons (Fsp3) is 0.333. The van der Waals surface area contributed by atoms with Gasteiger partial charge in [-0.1, -0.05) is 43.3 Å². The second kappa shape index (κ2) is 9.24. The lowest BCUT2D eigenvalue weighted by Gasteiger charge is -2.19. The lowest BCUT2D eigenvalue weighted by Crippen LogP contribution is -2.25. The molecule has 0 bridgehead atoms. The summed E-state index contributed by atoms with van der Waals surface area (Å²) in [4.78, 5) is 18.8. The number of likely N-dealkylation sites (tertiary alicyclic amines) is 1. The van der Waals surface area contributed by atoms with Crippen LogP contribution in [0.3, 0.4) is 0 Å². The standard InChI is InChI=1S/C24H28N4O2/c1-18(20-7-3-2-4-8-20)24-25-21-17-19(10-12-23(29)26-30)9-11-22(21)28(24)16-15-27-13-5-6-14-27/h2-4,7-12,17-18,30H,5-6,13-16H2,1H3,(H,26,29)/b12-10+. The molecular weight excluding hydrogens is 376 g/mol. The number of benzene rings is 2. The van der Waals surface area contributed by atoms with E-state index in [1.54, 1.807) is 11.6 Å². The number of hydrogen-bond donors (Lipinski definition) is 2. The van der Waals surface area contributed by atoms with Crippen LogP contribution in [-0.4, -0.2) is 45.2 Å². The first kappa shape index (κ1) is 20.3. The van der Waals surface area contributed by atoms with Crippen molar-refractivity contribution in [3.63, 3.8) is 0 Å². The van der Waals surface area contributed by atoms with E-state index in [2.05, 4.69) is 46.7 Å². The predicted molar refractivity (Wildman–Crippen MR) is 118 cm³/mol. The van der Waals surface area contributed by atoms with Gasteiger partial charge in [-0.25, -0.2) is 10.5 Å². The van der Waals surface area contributed by atoms with Crippen molar-refractivity contribution in [3.8, 4) is 0 Å². The van der Waals surface area contributed by atoms with E-state index < -0.39 is 5.91 Å². The summed E-state index contributed by atoms with van der Waals surface area (Å²) in [6, 6.07) is 16.5. The van der Waals surface area contributed by atoms with Gasteiger partial charge in [-0.15, -0.1) is 0 Å². The van der Waals surface area contributed by atoms with Crippen LogP contribution in [0.2, 0.25) is 0 Å². The fourth-order valence-electron chi connectivity index (χ4n) is 4.18. The van der Waals surface area contributed by atoms with Crippen LogP contribution in [0, 0.1) is 0 Å². The summed E-state index contributed by atoms with van der Waals surface area (Å²) in [7, 11) is 0. The first-order chi connectivity index (χ1) is 14.7. The number of amides is 1. The largest absolute Gasteiger partial charge is 0.326 e. The molecule has 30 heavy (non-hydrogen) atoms. The number of hydrogen-bond acceptors (Lipinski definition) is 4. The van der Waals surface area contributed by atoms with E-state index in [4.69, 9.17) is 10.2 Å². The van der Waals surface area contributed by atoms with Crippen LogP contribution in [0.15, 0.2) is 54.6 Å². The van der Waals surface area contributed by atoms with Gasteiger partial charge >= 0.3 is 0 Å². The van der Waals surface area contributed by atoms with Crippen LogP contribution in [0.4, 0.5) is 0 Å². The molecule has 3 aromatic rings. The van der Waals surface area contributed by atoms with E-state index in [0.717, 1.165) is 35.5 Å². The molecule has 4 rings (SSSR count). The van der Waals surface area contributed by atoms with Gasteiger partial charge in [-0.3, -0.25) is 10.0 Å². The zero-order valence-corrected chi connectivity index (χ0v) is 17.3. The molecular formula is C24H28N4O2. The maximum atomic E-state index is 11.3. The van der Waals surface area contributed by atoms with Crippen LogP contribution in [-0.2, 0) is 11.3 Å². The van der Waals surface area contributed by atoms with Crippen LogP contribution >= 0.6 is 0 Å². The number of carbonyl (C=O) groups is 1. The van der Waals surface area contributed by atoms with Crippen molar-refractivity contribution in [2.75, 3.05) is 19.6 Å². The Labute approximate surface area is 176 Å². The van der Waals surface area contributed by atoms with E-state index in [1.807, 2.05) is 18.2 Å². The number of imidazole rings is 1. The Bertz CT molecular complexity index is 1040. The van der Waals surface area contributed by atoms with Crippen LogP contribution in [0.25, 0.3) is 17.1 Å². The van der Waals surface area contributed by atoms with Crippen molar-refractivity contribution in [1.29, 1.82) is 0 Å². The van der Waals surface area contributed by atoms with Gasteiger partial charge in [0.15, 0.2) is 0 Å². The highest BCUT2D eigenvalue weighted by Crippen LogP contribution is 2.28. The monoisotopic (exact) mass is 404 g/mol. The highest BCUT2D eigenvalue weighted by Gasteiger charge is 2.19. The molecule has 0 spiro atoms. The zero-order chi connectivity index (χ0) is 20.9. The predicted octanol–water partition coefficient (Wildman–Crippen LogP) is 3.80. The molecule has 1 saturated heterocycles. The SMILES string of the molecule is CC(c1ccccc1)c1nc2cc(/C=C/C(=O)NO)ccc2n1CCN1CCCC1. The molecule has 156 valence electrons. The second-order valence-corrected chi connectivity index (χ2v) is 7.86. The number of carbonyl (C=O) groups excluding carboxylic acids is 1. The quantitative estimate of drug-likeness (QED) is 0.357. The number of hydroxylamine groups is 1. The second-order valence-electron chi connectivity index (χ2n) is 7.86. The van der Waals surface area contributed by atoms with Crippen molar-refractivity contribution in [2.45, 2.75) is 32.2 Å². The van der Waals surface area contributed by atoms with E-state index in [9.17, 15) is 4.79 Å². The molecule has 1 aromatic heterocycles. The summed E-state index contributed by atoms with van der Waals surface area (Å²) in [5.41, 5.74) is 5.75. The lowest BCUT2D eigenvalue weighted by atomic mass is 10.0. The normalized spacial score (nSPS) is 15.8. The molecule has 1 atom stereocenters. The molecule has 2 aromatic carbocycles. The maximum Gasteiger partial charge on any atom is 0.267 e. The minimum absolute atomic E-state index is 0.177. The highest BCUT2D eigenvalue weighted by atomic mass is 16.5. The molecule has 1 aliphatic rings. The molecule has 2 heterocycles. The Morgan fingerprint density at radius 2 is 1.93 bits per heavy atom. The fourth-order valence-corrected chi connectivity index (χ4v) is 4.18. The molecule has 6 heteroatoms. The number of nitrogens with zero attached hydrogens (tertiary/aromatic N) is 3. The van der Waals surface area contributed by atoms with Crippen molar-refractivity contribution < 1.29 is 10.0 Å². The zero-order valence-electron chi connectivity index (χ0n) is 17.3. The Hall–Kier alpha value is -2.96. The third-order valence-corrected chi connectivity index (χ3v) is 5.86. The van der Waals surface area contributed by atoms with Gasteiger partial charge in [-0.05, 0) is 55.3 Å². The average Bonchev–Trinajstić information content (AvgIpc) is 3.43. The Morgan fingerprint density at radius 1 is 1.17 bits per heavy atom. The number of nitrogens with one attached hydrogen (secondary N) is 1. The molecule has 0 saturated carbocycles. The third kappa shape index (κ3) is 4.45. The summed E-state index contributed by atoms with van der Waals surface area (Å²) in [6.45, 7) is 6.49. The molecule has 1 amide bonds. The van der Waals surface area contributed by atoms with Gasteiger partial charge < -0.3 is 9.47 Å². The van der Waals surface area contributed by atoms with Gasteiger partial charge in [-0.2, -0.15) is 0 Å². The van der Waals surface area contributed by atoms with Crippen LogP contribution in [0.1, 0.15) is 42.6 Å². The van der Waals surface area contributed by atoms with Gasteiger partial charge in [0.1, 0.15) is 5.82 Å². The molecule has 1 aliphatic heterocycles. The van der Waals surface area contributed by atoms with Gasteiger partial charge in [0, 0.05) is 25.1 Å². The minimum Gasteiger partial charge on any atom is -0.326 e. The van der Waals surface area contributed by atoms with E-state index in [1.165, 1.54) is 37.6 Å². The minimum atomic E-state index is -0.551. The lowest BCUT2D eigenvalue weighted by molar-refractivity contribution is -0.124. The Kier molecular flexibility index (Phi) is 6.26. The third-order valence-electron chi connectivity index (χ3n) is 5.86. The van der Waals surface area contributed by atoms with Crippen LogP contribution in [0.5, 0.6) is 0 Å². The summed E-state index contributed by atoms with van der Waals surface area (Å²) in [5, 5.41) is 8.67. The van der Waals surface area contributed by atoms with Crippen molar-refractivity contribution in [2.24, 2.45) is 0 Å². The first-order valence-corrected chi connectivity index (χ1v) is 10.6. The van der Waals surface area contributed by atoms with Crippen molar-refractivity contribution >= 4 is 23.0 Å². The summed E-state index contributed by atoms with van der Waals surface area (Å²) in [6.07, 6.45) is 5.55. The highest BCUT2D eigenvalue weighted by molar-refractivity contribution is 5.91. The van der Waals surface area contributed by atoms with Crippen molar-refractivity contribution in [3.05, 3.63) is 71.6 Å². The van der Waals surface area contributed by atoms with Gasteiger partial charge in [0.25, 0.3) is 5.91 Å². The Morgan fingerprint density at radius 3 is 2.67 bits per heavy atom. The van der Waals surface area contributed by atoms with E-state index in [0.29, 0.717) is 0 Å². The topological polar surface area (TPSA) is 70.4 Å². The number of fused-ring (bicyclic) bond motifs is 1.